The fourth-order valence-electron chi connectivity index (χ4n) is 2.35. The van der Waals surface area contributed by atoms with Gasteiger partial charge in [-0.25, -0.2) is 0 Å². The summed E-state index contributed by atoms with van der Waals surface area (Å²) in [6.07, 6.45) is 2.22. The molecule has 1 atom stereocenters. The van der Waals surface area contributed by atoms with Crippen molar-refractivity contribution < 1.29 is 4.74 Å². The number of aryl methyl sites for hydroxylation is 1. The van der Waals surface area contributed by atoms with Gasteiger partial charge in [0.15, 0.2) is 0 Å². The van der Waals surface area contributed by atoms with Crippen LogP contribution in [-0.4, -0.2) is 25.8 Å². The van der Waals surface area contributed by atoms with Crippen molar-refractivity contribution in [1.82, 2.24) is 0 Å². The summed E-state index contributed by atoms with van der Waals surface area (Å²) in [6, 6.07) is 8.86. The Hall–Kier alpha value is -1.06. The average Bonchev–Trinajstić information content (AvgIpc) is 2.39. The zero-order chi connectivity index (χ0) is 12.1. The van der Waals surface area contributed by atoms with Crippen molar-refractivity contribution in [2.45, 2.75) is 25.8 Å². The number of ether oxygens (including phenoxy) is 1. The molecule has 0 radical (unpaired) electrons. The normalized spacial score (nSPS) is 18.9. The minimum atomic E-state index is 0.363. The molecule has 17 heavy (non-hydrogen) atoms. The molecule has 1 heterocycles. The highest BCUT2D eigenvalue weighted by Gasteiger charge is 2.22. The van der Waals surface area contributed by atoms with Gasteiger partial charge >= 0.3 is 0 Å². The number of nitrogens with one attached hydrogen (secondary N) is 1. The van der Waals surface area contributed by atoms with E-state index in [4.69, 9.17) is 10.5 Å². The van der Waals surface area contributed by atoms with Crippen molar-refractivity contribution in [2.24, 2.45) is 11.7 Å². The number of hydrogen-bond donors (Lipinski definition) is 2. The lowest BCUT2D eigenvalue weighted by Crippen LogP contribution is -2.39. The molecule has 0 saturated carbocycles. The van der Waals surface area contributed by atoms with Gasteiger partial charge in [0, 0.05) is 31.5 Å². The molecule has 1 aliphatic rings. The summed E-state index contributed by atoms with van der Waals surface area (Å²) < 4.78 is 5.39. The topological polar surface area (TPSA) is 47.3 Å². The molecule has 1 aromatic carbocycles. The summed E-state index contributed by atoms with van der Waals surface area (Å²) in [5.41, 5.74) is 8.33. The number of hydrogen-bond acceptors (Lipinski definition) is 3. The summed E-state index contributed by atoms with van der Waals surface area (Å²) in [6.45, 7) is 4.52. The fraction of sp³-hybridized carbons (Fsp3) is 0.571. The molecule has 0 aromatic heterocycles. The molecule has 0 spiro atoms. The zero-order valence-corrected chi connectivity index (χ0v) is 10.5. The maximum Gasteiger partial charge on any atom is 0.0469 e. The Balaban J connectivity index is 1.96. The molecule has 94 valence electrons. The summed E-state index contributed by atoms with van der Waals surface area (Å²) in [7, 11) is 0. The van der Waals surface area contributed by atoms with Gasteiger partial charge in [0.05, 0.1) is 0 Å². The Morgan fingerprint density at radius 1 is 1.29 bits per heavy atom. The van der Waals surface area contributed by atoms with Crippen molar-refractivity contribution >= 4 is 5.69 Å². The Labute approximate surface area is 103 Å². The van der Waals surface area contributed by atoms with E-state index in [9.17, 15) is 0 Å². The first-order valence-corrected chi connectivity index (χ1v) is 6.40. The molecule has 1 aromatic rings. The van der Waals surface area contributed by atoms with E-state index >= 15 is 0 Å². The van der Waals surface area contributed by atoms with Crippen LogP contribution in [0.2, 0.25) is 0 Å². The van der Waals surface area contributed by atoms with Crippen LogP contribution in [-0.2, 0) is 4.74 Å². The quantitative estimate of drug-likeness (QED) is 0.839. The van der Waals surface area contributed by atoms with Gasteiger partial charge in [-0.1, -0.05) is 17.7 Å². The van der Waals surface area contributed by atoms with Crippen LogP contribution in [0, 0.1) is 12.8 Å². The molecule has 0 aliphatic carbocycles. The van der Waals surface area contributed by atoms with E-state index in [1.165, 1.54) is 5.56 Å². The molecule has 3 heteroatoms. The predicted molar refractivity (Wildman–Crippen MR) is 71.2 cm³/mol. The summed E-state index contributed by atoms with van der Waals surface area (Å²) in [5.74, 6) is 0.634. The zero-order valence-electron chi connectivity index (χ0n) is 10.5. The van der Waals surface area contributed by atoms with Crippen LogP contribution in [0.4, 0.5) is 5.69 Å². The van der Waals surface area contributed by atoms with E-state index in [0.29, 0.717) is 18.5 Å². The third kappa shape index (κ3) is 3.45. The minimum Gasteiger partial charge on any atom is -0.381 e. The molecule has 3 nitrogen and oxygen atoms in total. The third-order valence-corrected chi connectivity index (χ3v) is 3.49. The highest BCUT2D eigenvalue weighted by atomic mass is 16.5. The largest absolute Gasteiger partial charge is 0.381 e. The van der Waals surface area contributed by atoms with Crippen molar-refractivity contribution in [3.05, 3.63) is 29.8 Å². The molecular formula is C14H22N2O. The van der Waals surface area contributed by atoms with Crippen molar-refractivity contribution in [3.8, 4) is 0 Å². The molecule has 0 bridgehead atoms. The first kappa shape index (κ1) is 12.4. The van der Waals surface area contributed by atoms with Gasteiger partial charge in [0.2, 0.25) is 0 Å². The maximum atomic E-state index is 5.88. The van der Waals surface area contributed by atoms with Gasteiger partial charge in [-0.3, -0.25) is 0 Å². The lowest BCUT2D eigenvalue weighted by molar-refractivity contribution is 0.0614. The van der Waals surface area contributed by atoms with E-state index < -0.39 is 0 Å². The molecule has 1 fully saturated rings. The number of nitrogens with two attached hydrogens (primary N) is 1. The second-order valence-electron chi connectivity index (χ2n) is 4.80. The molecule has 1 unspecified atom stereocenters. The van der Waals surface area contributed by atoms with Crippen molar-refractivity contribution in [1.29, 1.82) is 0 Å². The molecular weight excluding hydrogens is 212 g/mol. The summed E-state index contributed by atoms with van der Waals surface area (Å²) >= 11 is 0. The van der Waals surface area contributed by atoms with E-state index in [2.05, 4.69) is 36.5 Å². The van der Waals surface area contributed by atoms with Crippen LogP contribution in [0.1, 0.15) is 18.4 Å². The summed E-state index contributed by atoms with van der Waals surface area (Å²) in [4.78, 5) is 0. The minimum absolute atomic E-state index is 0.363. The maximum absolute atomic E-state index is 5.88. The van der Waals surface area contributed by atoms with E-state index in [0.717, 1.165) is 31.7 Å². The Bertz CT molecular complexity index is 331. The molecule has 2 rings (SSSR count). The van der Waals surface area contributed by atoms with Gasteiger partial charge in [-0.15, -0.1) is 0 Å². The monoisotopic (exact) mass is 234 g/mol. The Morgan fingerprint density at radius 2 is 1.94 bits per heavy atom. The molecule has 1 saturated heterocycles. The van der Waals surface area contributed by atoms with E-state index in [1.807, 2.05) is 0 Å². The number of rotatable bonds is 4. The van der Waals surface area contributed by atoms with Gasteiger partial charge < -0.3 is 15.8 Å². The number of anilines is 1. The van der Waals surface area contributed by atoms with Crippen LogP contribution in [0.15, 0.2) is 24.3 Å². The second kappa shape index (κ2) is 6.03. The van der Waals surface area contributed by atoms with Gasteiger partial charge in [0.1, 0.15) is 0 Å². The highest BCUT2D eigenvalue weighted by Crippen LogP contribution is 2.21. The lowest BCUT2D eigenvalue weighted by Gasteiger charge is -2.30. The molecule has 1 aliphatic heterocycles. The Morgan fingerprint density at radius 3 is 2.53 bits per heavy atom. The molecule has 0 amide bonds. The summed E-state index contributed by atoms with van der Waals surface area (Å²) in [5, 5.41) is 3.55. The van der Waals surface area contributed by atoms with Gasteiger partial charge in [0.25, 0.3) is 0 Å². The first-order valence-electron chi connectivity index (χ1n) is 6.40. The van der Waals surface area contributed by atoms with Crippen LogP contribution >= 0.6 is 0 Å². The van der Waals surface area contributed by atoms with Crippen LogP contribution in [0.5, 0.6) is 0 Å². The van der Waals surface area contributed by atoms with Crippen LogP contribution < -0.4 is 11.1 Å². The Kier molecular flexibility index (Phi) is 4.40. The standard InChI is InChI=1S/C14H22N2O/c1-11-2-4-13(5-3-11)16-14(10-15)12-6-8-17-9-7-12/h2-5,12,14,16H,6-10,15H2,1H3. The first-order chi connectivity index (χ1) is 8.29. The van der Waals surface area contributed by atoms with Gasteiger partial charge in [-0.2, -0.15) is 0 Å². The third-order valence-electron chi connectivity index (χ3n) is 3.49. The number of benzene rings is 1. The van der Waals surface area contributed by atoms with Crippen LogP contribution in [0.3, 0.4) is 0 Å². The predicted octanol–water partition coefficient (Wildman–Crippen LogP) is 2.16. The van der Waals surface area contributed by atoms with Crippen molar-refractivity contribution in [2.75, 3.05) is 25.1 Å². The fourth-order valence-corrected chi connectivity index (χ4v) is 2.35. The van der Waals surface area contributed by atoms with E-state index in [-0.39, 0.29) is 0 Å². The smallest absolute Gasteiger partial charge is 0.0469 e. The van der Waals surface area contributed by atoms with Gasteiger partial charge in [-0.05, 0) is 37.8 Å². The highest BCUT2D eigenvalue weighted by molar-refractivity contribution is 5.45. The van der Waals surface area contributed by atoms with Crippen molar-refractivity contribution in [3.63, 3.8) is 0 Å². The molecule has 3 N–H and O–H groups in total. The average molecular weight is 234 g/mol. The van der Waals surface area contributed by atoms with E-state index in [1.54, 1.807) is 0 Å². The SMILES string of the molecule is Cc1ccc(NC(CN)C2CCOCC2)cc1. The lowest BCUT2D eigenvalue weighted by atomic mass is 9.91. The van der Waals surface area contributed by atoms with Crippen LogP contribution in [0.25, 0.3) is 0 Å². The second-order valence-corrected chi connectivity index (χ2v) is 4.80.